The number of nitrogens with one attached hydrogen (secondary N) is 1. The van der Waals surface area contributed by atoms with Crippen LogP contribution < -0.4 is 5.32 Å². The van der Waals surface area contributed by atoms with Crippen LogP contribution in [0, 0.1) is 5.92 Å². The fraction of sp³-hybridized carbons (Fsp3) is 0.857. The van der Waals surface area contributed by atoms with Gasteiger partial charge in [-0.1, -0.05) is 13.8 Å². The summed E-state index contributed by atoms with van der Waals surface area (Å²) in [7, 11) is 0. The first-order valence-corrected chi connectivity index (χ1v) is 7.28. The maximum Gasteiger partial charge on any atom is 0.242 e. The topological polar surface area (TPSA) is 69.6 Å². The van der Waals surface area contributed by atoms with Gasteiger partial charge in [-0.25, -0.2) is 0 Å². The highest BCUT2D eigenvalue weighted by molar-refractivity contribution is 5.87. The fourth-order valence-corrected chi connectivity index (χ4v) is 2.42. The van der Waals surface area contributed by atoms with Crippen molar-refractivity contribution < 1.29 is 14.7 Å². The molecule has 2 unspecified atom stereocenters. The van der Waals surface area contributed by atoms with E-state index in [4.69, 9.17) is 5.11 Å². The van der Waals surface area contributed by atoms with Gasteiger partial charge in [0.25, 0.3) is 0 Å². The van der Waals surface area contributed by atoms with Crippen LogP contribution in [-0.4, -0.2) is 47.6 Å². The molecule has 1 rings (SSSR count). The van der Waals surface area contributed by atoms with Crippen LogP contribution in [0.4, 0.5) is 0 Å². The second-order valence-corrected chi connectivity index (χ2v) is 5.31. The highest BCUT2D eigenvalue weighted by Crippen LogP contribution is 2.18. The van der Waals surface area contributed by atoms with E-state index in [1.807, 2.05) is 13.8 Å². The van der Waals surface area contributed by atoms with Crippen LogP contribution in [0.5, 0.6) is 0 Å². The van der Waals surface area contributed by atoms with Crippen LogP contribution in [0.1, 0.15) is 46.0 Å². The fourth-order valence-electron chi connectivity index (χ4n) is 2.42. The van der Waals surface area contributed by atoms with E-state index in [9.17, 15) is 9.59 Å². The Morgan fingerprint density at radius 3 is 2.79 bits per heavy atom. The molecule has 0 radical (unpaired) electrons. The average molecular weight is 270 g/mol. The lowest BCUT2D eigenvalue weighted by molar-refractivity contribution is -0.142. The van der Waals surface area contributed by atoms with Gasteiger partial charge >= 0.3 is 0 Å². The first kappa shape index (κ1) is 16.0. The van der Waals surface area contributed by atoms with Crippen LogP contribution >= 0.6 is 0 Å². The second kappa shape index (κ2) is 8.15. The number of carbonyl (C=O) groups is 2. The molecular weight excluding hydrogens is 244 g/mol. The number of aliphatic hydroxyl groups is 1. The van der Waals surface area contributed by atoms with Crippen molar-refractivity contribution in [3.05, 3.63) is 0 Å². The number of hydrogen-bond acceptors (Lipinski definition) is 3. The molecular formula is C14H26N2O3. The van der Waals surface area contributed by atoms with E-state index in [0.717, 1.165) is 19.3 Å². The molecule has 5 heteroatoms. The largest absolute Gasteiger partial charge is 0.396 e. The van der Waals surface area contributed by atoms with Crippen molar-refractivity contribution in [2.45, 2.75) is 52.0 Å². The van der Waals surface area contributed by atoms with Crippen LogP contribution in [0.25, 0.3) is 0 Å². The summed E-state index contributed by atoms with van der Waals surface area (Å²) in [5.41, 5.74) is 0. The van der Waals surface area contributed by atoms with Crippen LogP contribution in [0.2, 0.25) is 0 Å². The number of rotatable bonds is 6. The summed E-state index contributed by atoms with van der Waals surface area (Å²) in [6.07, 6.45) is 3.87. The van der Waals surface area contributed by atoms with Gasteiger partial charge in [-0.3, -0.25) is 9.59 Å². The van der Waals surface area contributed by atoms with E-state index in [2.05, 4.69) is 5.32 Å². The van der Waals surface area contributed by atoms with Gasteiger partial charge in [0.05, 0.1) is 0 Å². The maximum absolute atomic E-state index is 12.2. The van der Waals surface area contributed by atoms with Crippen molar-refractivity contribution >= 4 is 11.8 Å². The molecule has 19 heavy (non-hydrogen) atoms. The third kappa shape index (κ3) is 4.82. The predicted octanol–water partition coefficient (Wildman–Crippen LogP) is 0.912. The van der Waals surface area contributed by atoms with E-state index in [1.54, 1.807) is 4.90 Å². The van der Waals surface area contributed by atoms with Crippen molar-refractivity contribution in [2.75, 3.05) is 19.7 Å². The molecule has 0 aromatic carbocycles. The average Bonchev–Trinajstić information content (AvgIpc) is 2.44. The normalized spacial score (nSPS) is 21.0. The summed E-state index contributed by atoms with van der Waals surface area (Å²) in [5.74, 6) is 0.266. The van der Waals surface area contributed by atoms with E-state index in [-0.39, 0.29) is 30.4 Å². The lowest BCUT2D eigenvalue weighted by Gasteiger charge is -2.34. The quantitative estimate of drug-likeness (QED) is 0.754. The van der Waals surface area contributed by atoms with Gasteiger partial charge in [0, 0.05) is 26.1 Å². The molecule has 1 fully saturated rings. The summed E-state index contributed by atoms with van der Waals surface area (Å²) < 4.78 is 0. The molecule has 5 nitrogen and oxygen atoms in total. The van der Waals surface area contributed by atoms with Crippen molar-refractivity contribution in [3.63, 3.8) is 0 Å². The molecule has 1 heterocycles. The number of hydrogen-bond donors (Lipinski definition) is 2. The van der Waals surface area contributed by atoms with Gasteiger partial charge in [0.1, 0.15) is 6.04 Å². The Morgan fingerprint density at radius 2 is 2.16 bits per heavy atom. The Hall–Kier alpha value is -1.10. The monoisotopic (exact) mass is 270 g/mol. The molecule has 0 aromatic heterocycles. The molecule has 0 spiro atoms. The van der Waals surface area contributed by atoms with Gasteiger partial charge in [0.2, 0.25) is 11.8 Å². The van der Waals surface area contributed by atoms with E-state index >= 15 is 0 Å². The molecule has 110 valence electrons. The molecule has 1 aliphatic heterocycles. The van der Waals surface area contributed by atoms with Crippen LogP contribution in [0.3, 0.4) is 0 Å². The standard InChI is InChI=1S/C14H26N2O3/c1-3-13(18)16-8-5-4-6-12(16)14(19)15-10-11(2)7-9-17/h11-12,17H,3-10H2,1-2H3,(H,15,19). The molecule has 1 saturated heterocycles. The third-order valence-electron chi connectivity index (χ3n) is 3.67. The Balaban J connectivity index is 2.50. The number of carbonyl (C=O) groups excluding carboxylic acids is 2. The van der Waals surface area contributed by atoms with Gasteiger partial charge in [-0.15, -0.1) is 0 Å². The first-order valence-electron chi connectivity index (χ1n) is 7.28. The molecule has 1 aliphatic rings. The number of aliphatic hydroxyl groups excluding tert-OH is 1. The van der Waals surface area contributed by atoms with Crippen molar-refractivity contribution in [1.82, 2.24) is 10.2 Å². The summed E-state index contributed by atoms with van der Waals surface area (Å²) >= 11 is 0. The summed E-state index contributed by atoms with van der Waals surface area (Å²) in [4.78, 5) is 25.7. The second-order valence-electron chi connectivity index (χ2n) is 5.31. The lowest BCUT2D eigenvalue weighted by atomic mass is 10.0. The Bertz CT molecular complexity index is 307. The summed E-state index contributed by atoms with van der Waals surface area (Å²) in [6.45, 7) is 5.21. The number of likely N-dealkylation sites (tertiary alicyclic amines) is 1. The first-order chi connectivity index (χ1) is 9.10. The Morgan fingerprint density at radius 1 is 1.42 bits per heavy atom. The number of nitrogens with zero attached hydrogens (tertiary/aromatic N) is 1. The van der Waals surface area contributed by atoms with Crippen LogP contribution in [-0.2, 0) is 9.59 Å². The molecule has 0 aromatic rings. The van der Waals surface area contributed by atoms with E-state index in [1.165, 1.54) is 0 Å². The van der Waals surface area contributed by atoms with E-state index < -0.39 is 0 Å². The van der Waals surface area contributed by atoms with Gasteiger partial charge in [0.15, 0.2) is 0 Å². The van der Waals surface area contributed by atoms with Gasteiger partial charge in [-0.05, 0) is 31.6 Å². The molecule has 2 atom stereocenters. The third-order valence-corrected chi connectivity index (χ3v) is 3.67. The smallest absolute Gasteiger partial charge is 0.242 e. The van der Waals surface area contributed by atoms with E-state index in [0.29, 0.717) is 25.9 Å². The molecule has 0 saturated carbocycles. The van der Waals surface area contributed by atoms with Crippen molar-refractivity contribution in [1.29, 1.82) is 0 Å². The van der Waals surface area contributed by atoms with Gasteiger partial charge in [-0.2, -0.15) is 0 Å². The van der Waals surface area contributed by atoms with Crippen LogP contribution in [0.15, 0.2) is 0 Å². The minimum atomic E-state index is -0.303. The van der Waals surface area contributed by atoms with Crippen molar-refractivity contribution in [3.8, 4) is 0 Å². The molecule has 2 amide bonds. The zero-order chi connectivity index (χ0) is 14.3. The van der Waals surface area contributed by atoms with Crippen molar-refractivity contribution in [2.24, 2.45) is 5.92 Å². The zero-order valence-electron chi connectivity index (χ0n) is 12.0. The summed E-state index contributed by atoms with van der Waals surface area (Å²) in [6, 6.07) is -0.303. The zero-order valence-corrected chi connectivity index (χ0v) is 12.0. The molecule has 0 bridgehead atoms. The molecule has 0 aliphatic carbocycles. The number of amides is 2. The minimum Gasteiger partial charge on any atom is -0.396 e. The number of piperidine rings is 1. The highest BCUT2D eigenvalue weighted by atomic mass is 16.3. The van der Waals surface area contributed by atoms with Gasteiger partial charge < -0.3 is 15.3 Å². The SMILES string of the molecule is CCC(=O)N1CCCCC1C(=O)NCC(C)CCO. The minimum absolute atomic E-state index is 0.0497. The highest BCUT2D eigenvalue weighted by Gasteiger charge is 2.31. The summed E-state index contributed by atoms with van der Waals surface area (Å²) in [5, 5.41) is 11.7. The Labute approximate surface area is 115 Å². The maximum atomic E-state index is 12.2. The lowest BCUT2D eigenvalue weighted by Crippen LogP contribution is -2.52. The Kier molecular flexibility index (Phi) is 6.84. The molecule has 2 N–H and O–H groups in total. The predicted molar refractivity (Wildman–Crippen MR) is 73.5 cm³/mol.